The van der Waals surface area contributed by atoms with Gasteiger partial charge in [0.1, 0.15) is 0 Å². The van der Waals surface area contributed by atoms with Crippen LogP contribution in [-0.4, -0.2) is 28.5 Å². The minimum atomic E-state index is 0.784. The van der Waals surface area contributed by atoms with Gasteiger partial charge in [0.2, 0.25) is 5.95 Å². The van der Waals surface area contributed by atoms with Crippen LogP contribution in [0.5, 0.6) is 0 Å². The Morgan fingerprint density at radius 2 is 2.08 bits per heavy atom. The lowest BCUT2D eigenvalue weighted by Crippen LogP contribution is -2.02. The first-order valence-electron chi connectivity index (χ1n) is 4.04. The number of nitrogens with zero attached hydrogens (tertiary/aromatic N) is 3. The smallest absolute Gasteiger partial charge is 0.208 e. The van der Waals surface area contributed by atoms with E-state index in [1.807, 2.05) is 24.7 Å². The highest BCUT2D eigenvalue weighted by atomic mass is 15.2. The Bertz CT molecular complexity index is 381. The lowest BCUT2D eigenvalue weighted by Gasteiger charge is -2.06. The van der Waals surface area contributed by atoms with Gasteiger partial charge in [-0.05, 0) is 0 Å². The third kappa shape index (κ3) is 1.09. The molecule has 5 heteroatoms. The number of fused-ring (bicyclic) bond motifs is 1. The van der Waals surface area contributed by atoms with Crippen molar-refractivity contribution >= 4 is 17.3 Å². The van der Waals surface area contributed by atoms with Crippen LogP contribution in [0.25, 0.3) is 5.65 Å². The fraction of sp³-hybridized carbons (Fsp3) is 0.250. The summed E-state index contributed by atoms with van der Waals surface area (Å²) in [5, 5.41) is 6.03. The Kier molecular flexibility index (Phi) is 1.77. The van der Waals surface area contributed by atoms with Crippen molar-refractivity contribution in [3.05, 3.63) is 18.6 Å². The number of hydrogen-bond donors (Lipinski definition) is 2. The van der Waals surface area contributed by atoms with E-state index in [9.17, 15) is 0 Å². The Labute approximate surface area is 75.8 Å². The third-order valence-corrected chi connectivity index (χ3v) is 1.92. The van der Waals surface area contributed by atoms with Crippen molar-refractivity contribution in [2.45, 2.75) is 0 Å². The zero-order valence-electron chi connectivity index (χ0n) is 7.57. The van der Waals surface area contributed by atoms with E-state index in [1.165, 1.54) is 0 Å². The first-order valence-corrected chi connectivity index (χ1v) is 4.04. The largest absolute Gasteiger partial charge is 0.384 e. The van der Waals surface area contributed by atoms with Gasteiger partial charge in [-0.3, -0.25) is 4.40 Å². The summed E-state index contributed by atoms with van der Waals surface area (Å²) in [5.74, 6) is 0.784. The van der Waals surface area contributed by atoms with Crippen LogP contribution in [-0.2, 0) is 0 Å². The molecule has 2 rings (SSSR count). The summed E-state index contributed by atoms with van der Waals surface area (Å²) in [6.07, 6.45) is 5.38. The summed E-state index contributed by atoms with van der Waals surface area (Å²) in [6.45, 7) is 0. The number of aromatic nitrogens is 3. The van der Waals surface area contributed by atoms with E-state index in [0.29, 0.717) is 0 Å². The van der Waals surface area contributed by atoms with Crippen LogP contribution < -0.4 is 10.6 Å². The average Bonchev–Trinajstić information content (AvgIpc) is 2.64. The summed E-state index contributed by atoms with van der Waals surface area (Å²) >= 11 is 0. The minimum absolute atomic E-state index is 0.784. The molecule has 0 aliphatic heterocycles. The molecule has 2 heterocycles. The minimum Gasteiger partial charge on any atom is -0.384 e. The Morgan fingerprint density at radius 3 is 2.77 bits per heavy atom. The average molecular weight is 177 g/mol. The number of anilines is 2. The SMILES string of the molecule is CNc1cnc(NC)n2ccnc12. The zero-order chi connectivity index (χ0) is 9.26. The summed E-state index contributed by atoms with van der Waals surface area (Å²) < 4.78 is 1.89. The quantitative estimate of drug-likeness (QED) is 0.712. The van der Waals surface area contributed by atoms with Crippen molar-refractivity contribution in [2.24, 2.45) is 0 Å². The first kappa shape index (κ1) is 7.85. The van der Waals surface area contributed by atoms with E-state index in [0.717, 1.165) is 17.3 Å². The Hall–Kier alpha value is -1.78. The van der Waals surface area contributed by atoms with Crippen LogP contribution in [0.1, 0.15) is 0 Å². The normalized spacial score (nSPS) is 10.3. The molecule has 0 aliphatic carbocycles. The van der Waals surface area contributed by atoms with Gasteiger partial charge < -0.3 is 10.6 Å². The van der Waals surface area contributed by atoms with Crippen LogP contribution in [0.3, 0.4) is 0 Å². The second kappa shape index (κ2) is 2.93. The first-order chi connectivity index (χ1) is 6.36. The molecule has 0 radical (unpaired) electrons. The molecule has 0 fully saturated rings. The highest BCUT2D eigenvalue weighted by Gasteiger charge is 2.04. The van der Waals surface area contributed by atoms with Crippen LogP contribution >= 0.6 is 0 Å². The zero-order valence-corrected chi connectivity index (χ0v) is 7.57. The summed E-state index contributed by atoms with van der Waals surface area (Å²) in [5.41, 5.74) is 1.80. The Morgan fingerprint density at radius 1 is 1.23 bits per heavy atom. The summed E-state index contributed by atoms with van der Waals surface area (Å²) in [7, 11) is 3.69. The second-order valence-corrected chi connectivity index (χ2v) is 2.62. The molecular formula is C8H11N5. The van der Waals surface area contributed by atoms with Gasteiger partial charge in [-0.2, -0.15) is 0 Å². The highest BCUT2D eigenvalue weighted by Crippen LogP contribution is 2.16. The fourth-order valence-corrected chi connectivity index (χ4v) is 1.28. The molecule has 2 aromatic heterocycles. The molecule has 0 aromatic carbocycles. The lowest BCUT2D eigenvalue weighted by molar-refractivity contribution is 1.08. The molecule has 0 bridgehead atoms. The van der Waals surface area contributed by atoms with Gasteiger partial charge in [-0.15, -0.1) is 0 Å². The highest BCUT2D eigenvalue weighted by molar-refractivity contribution is 5.68. The van der Waals surface area contributed by atoms with E-state index in [1.54, 1.807) is 12.4 Å². The van der Waals surface area contributed by atoms with E-state index in [2.05, 4.69) is 20.6 Å². The number of rotatable bonds is 2. The van der Waals surface area contributed by atoms with Crippen LogP contribution in [0.15, 0.2) is 18.6 Å². The van der Waals surface area contributed by atoms with E-state index in [-0.39, 0.29) is 0 Å². The summed E-state index contributed by atoms with van der Waals surface area (Å²) in [4.78, 5) is 8.44. The van der Waals surface area contributed by atoms with Gasteiger partial charge in [0.15, 0.2) is 5.65 Å². The molecule has 0 unspecified atom stereocenters. The second-order valence-electron chi connectivity index (χ2n) is 2.62. The monoisotopic (exact) mass is 177 g/mol. The predicted molar refractivity (Wildman–Crippen MR) is 52.1 cm³/mol. The molecule has 5 nitrogen and oxygen atoms in total. The van der Waals surface area contributed by atoms with Crippen molar-refractivity contribution < 1.29 is 0 Å². The molecule has 13 heavy (non-hydrogen) atoms. The molecule has 68 valence electrons. The topological polar surface area (TPSA) is 54.2 Å². The van der Waals surface area contributed by atoms with Crippen molar-refractivity contribution in [1.82, 2.24) is 14.4 Å². The molecule has 0 amide bonds. The van der Waals surface area contributed by atoms with Gasteiger partial charge in [-0.25, -0.2) is 9.97 Å². The maximum absolute atomic E-state index is 4.22. The molecule has 0 spiro atoms. The van der Waals surface area contributed by atoms with Crippen molar-refractivity contribution in [3.63, 3.8) is 0 Å². The van der Waals surface area contributed by atoms with Crippen LogP contribution in [0.2, 0.25) is 0 Å². The van der Waals surface area contributed by atoms with Gasteiger partial charge in [0.05, 0.1) is 11.9 Å². The number of nitrogens with one attached hydrogen (secondary N) is 2. The van der Waals surface area contributed by atoms with Gasteiger partial charge in [-0.1, -0.05) is 0 Å². The third-order valence-electron chi connectivity index (χ3n) is 1.92. The molecule has 0 saturated heterocycles. The summed E-state index contributed by atoms with van der Waals surface area (Å²) in [6, 6.07) is 0. The molecule has 2 aromatic rings. The van der Waals surface area contributed by atoms with Crippen molar-refractivity contribution in [2.75, 3.05) is 24.7 Å². The predicted octanol–water partition coefficient (Wildman–Crippen LogP) is 0.813. The van der Waals surface area contributed by atoms with E-state index < -0.39 is 0 Å². The fourth-order valence-electron chi connectivity index (χ4n) is 1.28. The number of imidazole rings is 1. The van der Waals surface area contributed by atoms with Gasteiger partial charge in [0, 0.05) is 26.5 Å². The molecule has 0 saturated carbocycles. The molecular weight excluding hydrogens is 166 g/mol. The molecule has 2 N–H and O–H groups in total. The lowest BCUT2D eigenvalue weighted by atomic mass is 10.5. The van der Waals surface area contributed by atoms with Crippen molar-refractivity contribution in [1.29, 1.82) is 0 Å². The Balaban J connectivity index is 2.74. The van der Waals surface area contributed by atoms with E-state index in [4.69, 9.17) is 0 Å². The maximum atomic E-state index is 4.22. The van der Waals surface area contributed by atoms with Crippen LogP contribution in [0, 0.1) is 0 Å². The van der Waals surface area contributed by atoms with Crippen molar-refractivity contribution in [3.8, 4) is 0 Å². The van der Waals surface area contributed by atoms with Gasteiger partial charge in [0.25, 0.3) is 0 Å². The standard InChI is InChI=1S/C8H11N5/c1-9-6-5-12-8(10-2)13-4-3-11-7(6)13/h3-5,9H,1-2H3,(H,10,12). The number of hydrogen-bond acceptors (Lipinski definition) is 4. The van der Waals surface area contributed by atoms with E-state index >= 15 is 0 Å². The molecule has 0 aliphatic rings. The van der Waals surface area contributed by atoms with Crippen LogP contribution in [0.4, 0.5) is 11.6 Å². The molecule has 0 atom stereocenters. The van der Waals surface area contributed by atoms with Gasteiger partial charge >= 0.3 is 0 Å². The maximum Gasteiger partial charge on any atom is 0.208 e.